The van der Waals surface area contributed by atoms with Gasteiger partial charge in [-0.2, -0.15) is 0 Å². The molecule has 0 unspecified atom stereocenters. The van der Waals surface area contributed by atoms with Gasteiger partial charge < -0.3 is 9.84 Å². The normalized spacial score (nSPS) is 29.2. The summed E-state index contributed by atoms with van der Waals surface area (Å²) in [6, 6.07) is 7.18. The topological polar surface area (TPSA) is 32.7 Å². The van der Waals surface area contributed by atoms with Gasteiger partial charge in [0.1, 0.15) is 5.82 Å². The van der Waals surface area contributed by atoms with Gasteiger partial charge in [-0.1, -0.05) is 12.1 Å². The molecule has 104 valence electrons. The van der Waals surface area contributed by atoms with Crippen LogP contribution in [0, 0.1) is 11.7 Å². The number of halogens is 1. The van der Waals surface area contributed by atoms with E-state index in [1.165, 1.54) is 6.07 Å². The first-order valence-corrected chi connectivity index (χ1v) is 6.96. The maximum Gasteiger partial charge on any atom is 0.123 e. The van der Waals surface area contributed by atoms with E-state index in [1.807, 2.05) is 6.07 Å². The van der Waals surface area contributed by atoms with E-state index in [0.29, 0.717) is 12.6 Å². The highest BCUT2D eigenvalue weighted by Gasteiger charge is 2.34. The highest BCUT2D eigenvalue weighted by Crippen LogP contribution is 2.25. The average molecular weight is 265 g/mol. The van der Waals surface area contributed by atoms with Gasteiger partial charge >= 0.3 is 0 Å². The zero-order chi connectivity index (χ0) is 13.2. The molecule has 2 fully saturated rings. The fourth-order valence-corrected chi connectivity index (χ4v) is 2.98. The van der Waals surface area contributed by atoms with E-state index in [4.69, 9.17) is 4.74 Å². The molecule has 1 aromatic carbocycles. The van der Waals surface area contributed by atoms with Crippen LogP contribution in [0.5, 0.6) is 0 Å². The Bertz CT molecular complexity index is 436. The summed E-state index contributed by atoms with van der Waals surface area (Å²) in [5.74, 6) is 0.0371. The average Bonchev–Trinajstić information content (AvgIpc) is 2.30. The largest absolute Gasteiger partial charge is 0.391 e. The van der Waals surface area contributed by atoms with Crippen LogP contribution < -0.4 is 0 Å². The van der Waals surface area contributed by atoms with Gasteiger partial charge in [0.25, 0.3) is 0 Å². The summed E-state index contributed by atoms with van der Waals surface area (Å²) in [5.41, 5.74) is 0.976. The molecule has 0 spiro atoms. The first-order valence-electron chi connectivity index (χ1n) is 6.96. The molecular formula is C15H20FNO2. The molecular weight excluding hydrogens is 245 g/mol. The number of likely N-dealkylation sites (tertiary alicyclic amines) is 1. The molecule has 4 heteroatoms. The second-order valence-electron chi connectivity index (χ2n) is 5.64. The van der Waals surface area contributed by atoms with Gasteiger partial charge in [0.15, 0.2) is 0 Å². The monoisotopic (exact) mass is 265 g/mol. The molecule has 2 heterocycles. The van der Waals surface area contributed by atoms with Crippen molar-refractivity contribution in [1.82, 2.24) is 4.90 Å². The Balaban J connectivity index is 1.57. The molecule has 3 rings (SSSR count). The van der Waals surface area contributed by atoms with Crippen molar-refractivity contribution in [2.24, 2.45) is 5.92 Å². The Kier molecular flexibility index (Phi) is 3.82. The summed E-state index contributed by atoms with van der Waals surface area (Å²) in [4.78, 5) is 2.32. The van der Waals surface area contributed by atoms with Crippen LogP contribution >= 0.6 is 0 Å². The van der Waals surface area contributed by atoms with Crippen LogP contribution in [0.1, 0.15) is 12.0 Å². The molecule has 0 aromatic heterocycles. The van der Waals surface area contributed by atoms with Crippen molar-refractivity contribution < 1.29 is 14.2 Å². The lowest BCUT2D eigenvalue weighted by Crippen LogP contribution is -2.55. The van der Waals surface area contributed by atoms with Gasteiger partial charge in [0.2, 0.25) is 0 Å². The third-order valence-electron chi connectivity index (χ3n) is 4.28. The minimum absolute atomic E-state index is 0.198. The molecule has 2 saturated heterocycles. The number of nitrogens with zero attached hydrogens (tertiary/aromatic N) is 1. The number of aliphatic hydroxyl groups excluding tert-OH is 1. The summed E-state index contributed by atoms with van der Waals surface area (Å²) < 4.78 is 18.3. The van der Waals surface area contributed by atoms with Crippen LogP contribution in [0.25, 0.3) is 0 Å². The molecule has 2 aliphatic heterocycles. The van der Waals surface area contributed by atoms with Gasteiger partial charge in [0, 0.05) is 6.54 Å². The van der Waals surface area contributed by atoms with Gasteiger partial charge in [-0.15, -0.1) is 0 Å². The van der Waals surface area contributed by atoms with Gasteiger partial charge in [-0.3, -0.25) is 4.90 Å². The number of rotatable bonds is 3. The van der Waals surface area contributed by atoms with Crippen molar-refractivity contribution in [3.05, 3.63) is 35.6 Å². The van der Waals surface area contributed by atoms with E-state index in [-0.39, 0.29) is 17.8 Å². The van der Waals surface area contributed by atoms with Crippen LogP contribution in [-0.4, -0.2) is 48.5 Å². The summed E-state index contributed by atoms with van der Waals surface area (Å²) in [6.07, 6.45) is 1.40. The molecule has 0 saturated carbocycles. The van der Waals surface area contributed by atoms with Gasteiger partial charge in [0.05, 0.1) is 25.4 Å². The highest BCUT2D eigenvalue weighted by molar-refractivity contribution is 5.17. The minimum Gasteiger partial charge on any atom is -0.391 e. The van der Waals surface area contributed by atoms with Crippen molar-refractivity contribution in [3.8, 4) is 0 Å². The van der Waals surface area contributed by atoms with Crippen molar-refractivity contribution in [2.45, 2.75) is 25.0 Å². The fourth-order valence-electron chi connectivity index (χ4n) is 2.98. The van der Waals surface area contributed by atoms with Crippen molar-refractivity contribution in [3.63, 3.8) is 0 Å². The number of aliphatic hydroxyl groups is 1. The number of β-amino-alcohol motifs (C(OH)–C–C–N with tert-alkyl or cyclic N) is 1. The number of piperidine rings is 1. The molecule has 1 N–H and O–H groups in total. The van der Waals surface area contributed by atoms with E-state index >= 15 is 0 Å². The standard InChI is InChI=1S/C15H20FNO2/c16-13-3-1-2-11(7-13)6-12-4-5-17(8-15(12)18)14-9-19-10-14/h1-3,7,12,14-15,18H,4-6,8-10H2/t12-,15-/m1/s1. The van der Waals surface area contributed by atoms with Gasteiger partial charge in [-0.05, 0) is 43.0 Å². The molecule has 2 atom stereocenters. The summed E-state index contributed by atoms with van der Waals surface area (Å²) in [7, 11) is 0. The van der Waals surface area contributed by atoms with Crippen LogP contribution in [0.4, 0.5) is 4.39 Å². The predicted molar refractivity (Wildman–Crippen MR) is 70.4 cm³/mol. The fraction of sp³-hybridized carbons (Fsp3) is 0.600. The number of hydrogen-bond donors (Lipinski definition) is 1. The summed E-state index contributed by atoms with van der Waals surface area (Å²) >= 11 is 0. The lowest BCUT2D eigenvalue weighted by Gasteiger charge is -2.43. The zero-order valence-electron chi connectivity index (χ0n) is 11.0. The molecule has 3 nitrogen and oxygen atoms in total. The Hall–Kier alpha value is -0.970. The molecule has 1 aromatic rings. The second kappa shape index (κ2) is 5.57. The Morgan fingerprint density at radius 1 is 1.37 bits per heavy atom. The Labute approximate surface area is 113 Å². The van der Waals surface area contributed by atoms with Crippen LogP contribution in [-0.2, 0) is 11.2 Å². The second-order valence-corrected chi connectivity index (χ2v) is 5.64. The Morgan fingerprint density at radius 3 is 2.84 bits per heavy atom. The highest BCUT2D eigenvalue weighted by atomic mass is 19.1. The zero-order valence-corrected chi connectivity index (χ0v) is 11.0. The maximum absolute atomic E-state index is 13.2. The van der Waals surface area contributed by atoms with Crippen LogP contribution in [0.2, 0.25) is 0 Å². The molecule has 0 radical (unpaired) electrons. The van der Waals surface area contributed by atoms with E-state index in [9.17, 15) is 9.50 Å². The number of benzene rings is 1. The van der Waals surface area contributed by atoms with Crippen molar-refractivity contribution in [1.29, 1.82) is 0 Å². The van der Waals surface area contributed by atoms with Gasteiger partial charge in [-0.25, -0.2) is 4.39 Å². The molecule has 19 heavy (non-hydrogen) atoms. The first kappa shape index (κ1) is 13.0. The SMILES string of the molecule is O[C@@H]1CN(C2COC2)CC[C@@H]1Cc1cccc(F)c1. The van der Waals surface area contributed by atoms with Crippen LogP contribution in [0.15, 0.2) is 24.3 Å². The third-order valence-corrected chi connectivity index (χ3v) is 4.28. The van der Waals surface area contributed by atoms with E-state index in [1.54, 1.807) is 12.1 Å². The van der Waals surface area contributed by atoms with E-state index < -0.39 is 0 Å². The Morgan fingerprint density at radius 2 is 2.21 bits per heavy atom. The maximum atomic E-state index is 13.2. The van der Waals surface area contributed by atoms with Crippen molar-refractivity contribution >= 4 is 0 Å². The molecule has 2 aliphatic rings. The molecule has 0 aliphatic carbocycles. The quantitative estimate of drug-likeness (QED) is 0.898. The third kappa shape index (κ3) is 2.96. The first-order chi connectivity index (χ1) is 9.22. The lowest BCUT2D eigenvalue weighted by molar-refractivity contribution is -0.0954. The minimum atomic E-state index is -0.322. The lowest BCUT2D eigenvalue weighted by atomic mass is 9.87. The smallest absolute Gasteiger partial charge is 0.123 e. The molecule has 0 amide bonds. The number of hydrogen-bond acceptors (Lipinski definition) is 3. The van der Waals surface area contributed by atoms with E-state index in [2.05, 4.69) is 4.90 Å². The summed E-state index contributed by atoms with van der Waals surface area (Å²) in [6.45, 7) is 3.31. The summed E-state index contributed by atoms with van der Waals surface area (Å²) in [5, 5.41) is 10.3. The van der Waals surface area contributed by atoms with Crippen molar-refractivity contribution in [2.75, 3.05) is 26.3 Å². The predicted octanol–water partition coefficient (Wildman–Crippen LogP) is 1.45. The van der Waals surface area contributed by atoms with Crippen LogP contribution in [0.3, 0.4) is 0 Å². The molecule has 0 bridgehead atoms. The number of ether oxygens (including phenoxy) is 1. The van der Waals surface area contributed by atoms with E-state index in [0.717, 1.165) is 38.2 Å².